The van der Waals surface area contributed by atoms with Crippen LogP contribution in [0, 0.1) is 17.5 Å². The van der Waals surface area contributed by atoms with Crippen molar-refractivity contribution in [1.82, 2.24) is 4.90 Å². The average molecular weight is 356 g/mol. The van der Waals surface area contributed by atoms with E-state index < -0.39 is 29.0 Å². The van der Waals surface area contributed by atoms with E-state index >= 15 is 0 Å². The minimum atomic E-state index is -1.66. The van der Waals surface area contributed by atoms with Gasteiger partial charge in [0.05, 0.1) is 11.3 Å². The lowest BCUT2D eigenvalue weighted by Crippen LogP contribution is -2.38. The highest BCUT2D eigenvalue weighted by Gasteiger charge is 2.20. The Morgan fingerprint density at radius 2 is 1.92 bits per heavy atom. The molecule has 1 N–H and O–H groups in total. The molecule has 0 saturated carbocycles. The van der Waals surface area contributed by atoms with Crippen molar-refractivity contribution in [2.75, 3.05) is 18.4 Å². The number of thiophene rings is 1. The Hall–Kier alpha value is -2.35. The van der Waals surface area contributed by atoms with Gasteiger partial charge in [0.15, 0.2) is 17.5 Å². The topological polar surface area (TPSA) is 49.4 Å². The summed E-state index contributed by atoms with van der Waals surface area (Å²) in [5, 5.41) is 5.56. The third-order valence-electron chi connectivity index (χ3n) is 3.19. The van der Waals surface area contributed by atoms with Gasteiger partial charge in [-0.05, 0) is 30.0 Å². The molecule has 0 bridgehead atoms. The molecule has 24 heavy (non-hydrogen) atoms. The number of nitrogens with zero attached hydrogens (tertiary/aromatic N) is 1. The van der Waals surface area contributed by atoms with Crippen molar-refractivity contribution in [2.45, 2.75) is 13.3 Å². The number of hydrogen-bond acceptors (Lipinski definition) is 3. The fourth-order valence-corrected chi connectivity index (χ4v) is 2.71. The molecule has 0 atom stereocenters. The third kappa shape index (κ3) is 4.14. The molecule has 128 valence electrons. The van der Waals surface area contributed by atoms with E-state index in [9.17, 15) is 22.8 Å². The highest BCUT2D eigenvalue weighted by Crippen LogP contribution is 2.19. The van der Waals surface area contributed by atoms with Gasteiger partial charge in [-0.15, -0.1) is 0 Å². The second-order valence-electron chi connectivity index (χ2n) is 5.01. The number of carbonyl (C=O) groups is 2. The van der Waals surface area contributed by atoms with Crippen molar-refractivity contribution in [2.24, 2.45) is 0 Å². The summed E-state index contributed by atoms with van der Waals surface area (Å²) < 4.78 is 39.6. The monoisotopic (exact) mass is 356 g/mol. The van der Waals surface area contributed by atoms with Gasteiger partial charge in [0.1, 0.15) is 6.54 Å². The zero-order chi connectivity index (χ0) is 17.7. The third-order valence-corrected chi connectivity index (χ3v) is 3.88. The first-order valence-corrected chi connectivity index (χ1v) is 8.13. The first-order chi connectivity index (χ1) is 11.4. The lowest BCUT2D eigenvalue weighted by Gasteiger charge is -2.21. The zero-order valence-corrected chi connectivity index (χ0v) is 13.6. The van der Waals surface area contributed by atoms with Crippen molar-refractivity contribution in [3.05, 3.63) is 52.0 Å². The minimum Gasteiger partial charge on any atom is -0.329 e. The van der Waals surface area contributed by atoms with Crippen molar-refractivity contribution >= 4 is 28.8 Å². The van der Waals surface area contributed by atoms with Crippen molar-refractivity contribution in [3.63, 3.8) is 0 Å². The van der Waals surface area contributed by atoms with Gasteiger partial charge in [0.2, 0.25) is 5.91 Å². The van der Waals surface area contributed by atoms with Gasteiger partial charge < -0.3 is 10.2 Å². The maximum atomic E-state index is 13.6. The molecule has 0 aliphatic carbocycles. The Balaban J connectivity index is 2.08. The van der Waals surface area contributed by atoms with Gasteiger partial charge in [0.25, 0.3) is 5.91 Å². The quantitative estimate of drug-likeness (QED) is 0.803. The van der Waals surface area contributed by atoms with Crippen LogP contribution in [0.2, 0.25) is 0 Å². The molecule has 2 amide bonds. The standard InChI is InChI=1S/C16H15F3N2O2S/c1-2-6-21(16(23)10-5-7-24-9-10)8-13(22)20-12-4-3-11(17)14(18)15(12)19/h3-5,7,9H,2,6,8H2,1H3,(H,20,22). The number of halogens is 3. The van der Waals surface area contributed by atoms with Crippen molar-refractivity contribution in [3.8, 4) is 0 Å². The highest BCUT2D eigenvalue weighted by atomic mass is 32.1. The Morgan fingerprint density at radius 1 is 1.17 bits per heavy atom. The maximum Gasteiger partial charge on any atom is 0.255 e. The number of benzene rings is 1. The van der Waals surface area contributed by atoms with Crippen LogP contribution < -0.4 is 5.32 Å². The normalized spacial score (nSPS) is 10.5. The fraction of sp³-hybridized carbons (Fsp3) is 0.250. The molecule has 0 aliphatic rings. The van der Waals surface area contributed by atoms with E-state index in [1.807, 2.05) is 6.92 Å². The Bertz CT molecular complexity index is 735. The van der Waals surface area contributed by atoms with E-state index in [1.54, 1.807) is 16.8 Å². The molecule has 0 saturated heterocycles. The molecular formula is C16H15F3N2O2S. The minimum absolute atomic E-state index is 0.318. The van der Waals surface area contributed by atoms with Crippen LogP contribution >= 0.6 is 11.3 Å². The molecule has 0 radical (unpaired) electrons. The van der Waals surface area contributed by atoms with Crippen LogP contribution in [0.3, 0.4) is 0 Å². The van der Waals surface area contributed by atoms with E-state index in [4.69, 9.17) is 0 Å². The summed E-state index contributed by atoms with van der Waals surface area (Å²) in [5.74, 6) is -5.50. The molecule has 0 fully saturated rings. The molecule has 2 rings (SSSR count). The Labute approximate surface area is 140 Å². The summed E-state index contributed by atoms with van der Waals surface area (Å²) in [6, 6.07) is 3.29. The molecule has 8 heteroatoms. The summed E-state index contributed by atoms with van der Waals surface area (Å²) in [6.45, 7) is 1.87. The highest BCUT2D eigenvalue weighted by molar-refractivity contribution is 7.08. The van der Waals surface area contributed by atoms with E-state index in [2.05, 4.69) is 5.32 Å². The van der Waals surface area contributed by atoms with Crippen LogP contribution in [0.15, 0.2) is 29.0 Å². The van der Waals surface area contributed by atoms with Crippen molar-refractivity contribution < 1.29 is 22.8 Å². The number of nitrogens with one attached hydrogen (secondary N) is 1. The van der Waals surface area contributed by atoms with Gasteiger partial charge >= 0.3 is 0 Å². The maximum absolute atomic E-state index is 13.6. The molecule has 1 heterocycles. The smallest absolute Gasteiger partial charge is 0.255 e. The van der Waals surface area contributed by atoms with E-state index in [-0.39, 0.29) is 12.5 Å². The number of rotatable bonds is 6. The SMILES string of the molecule is CCCN(CC(=O)Nc1ccc(F)c(F)c1F)C(=O)c1ccsc1. The van der Waals surface area contributed by atoms with E-state index in [0.717, 1.165) is 6.07 Å². The van der Waals surface area contributed by atoms with Gasteiger partial charge in [0, 0.05) is 11.9 Å². The molecular weight excluding hydrogens is 341 g/mol. The molecule has 1 aromatic carbocycles. The molecule has 2 aromatic rings. The van der Waals surface area contributed by atoms with Crippen molar-refractivity contribution in [1.29, 1.82) is 0 Å². The summed E-state index contributed by atoms with van der Waals surface area (Å²) in [7, 11) is 0. The van der Waals surface area contributed by atoms with Crippen LogP contribution in [0.25, 0.3) is 0 Å². The molecule has 1 aromatic heterocycles. The van der Waals surface area contributed by atoms with Crippen LogP contribution in [-0.4, -0.2) is 29.8 Å². The largest absolute Gasteiger partial charge is 0.329 e. The molecule has 0 spiro atoms. The van der Waals surface area contributed by atoms with Crippen LogP contribution in [0.5, 0.6) is 0 Å². The fourth-order valence-electron chi connectivity index (χ4n) is 2.08. The lowest BCUT2D eigenvalue weighted by molar-refractivity contribution is -0.116. The molecule has 0 unspecified atom stereocenters. The number of anilines is 1. The summed E-state index contributed by atoms with van der Waals surface area (Å²) in [5.41, 5.74) is -0.0152. The van der Waals surface area contributed by atoms with Gasteiger partial charge in [-0.2, -0.15) is 11.3 Å². The number of carbonyl (C=O) groups excluding carboxylic acids is 2. The number of amides is 2. The first-order valence-electron chi connectivity index (χ1n) is 7.18. The summed E-state index contributed by atoms with van der Waals surface area (Å²) in [6.07, 6.45) is 0.628. The zero-order valence-electron chi connectivity index (χ0n) is 12.8. The second-order valence-corrected chi connectivity index (χ2v) is 5.79. The van der Waals surface area contributed by atoms with E-state index in [1.165, 1.54) is 16.2 Å². The Kier molecular flexibility index (Phi) is 5.97. The van der Waals surface area contributed by atoms with Gasteiger partial charge in [-0.1, -0.05) is 6.92 Å². The predicted octanol–water partition coefficient (Wildman–Crippen LogP) is 3.66. The number of hydrogen-bond donors (Lipinski definition) is 1. The van der Waals surface area contributed by atoms with E-state index in [0.29, 0.717) is 24.6 Å². The second kappa shape index (κ2) is 7.96. The predicted molar refractivity (Wildman–Crippen MR) is 85.5 cm³/mol. The Morgan fingerprint density at radius 3 is 2.54 bits per heavy atom. The average Bonchev–Trinajstić information content (AvgIpc) is 3.09. The molecule has 4 nitrogen and oxygen atoms in total. The van der Waals surface area contributed by atoms with Crippen LogP contribution in [0.4, 0.5) is 18.9 Å². The first kappa shape index (κ1) is 18.0. The van der Waals surface area contributed by atoms with Crippen LogP contribution in [-0.2, 0) is 4.79 Å². The van der Waals surface area contributed by atoms with Gasteiger partial charge in [-0.3, -0.25) is 9.59 Å². The van der Waals surface area contributed by atoms with Gasteiger partial charge in [-0.25, -0.2) is 13.2 Å². The summed E-state index contributed by atoms with van der Waals surface area (Å²) in [4.78, 5) is 25.7. The van der Waals surface area contributed by atoms with Crippen LogP contribution in [0.1, 0.15) is 23.7 Å². The summed E-state index contributed by atoms with van der Waals surface area (Å²) >= 11 is 1.35. The molecule has 0 aliphatic heterocycles. The lowest BCUT2D eigenvalue weighted by atomic mass is 10.2.